The summed E-state index contributed by atoms with van der Waals surface area (Å²) in [5, 5.41) is 16.6. The molecule has 0 radical (unpaired) electrons. The van der Waals surface area contributed by atoms with Crippen molar-refractivity contribution in [2.45, 2.75) is 6.10 Å². The van der Waals surface area contributed by atoms with E-state index in [4.69, 9.17) is 10.2 Å². The molecule has 0 saturated carbocycles. The molecular weight excluding hydrogens is 131 g/mol. The minimum Gasteiger partial charge on any atom is -0.394 e. The van der Waals surface area contributed by atoms with E-state index in [2.05, 4.69) is 4.52 Å². The van der Waals surface area contributed by atoms with E-state index in [0.29, 0.717) is 0 Å². The lowest BCUT2D eigenvalue weighted by atomic mass is 10.4. The largest absolute Gasteiger partial charge is 0.394 e. The highest BCUT2D eigenvalue weighted by Crippen LogP contribution is 1.94. The molecule has 0 heterocycles. The molecule has 0 rings (SSSR count). The van der Waals surface area contributed by atoms with Crippen molar-refractivity contribution in [3.63, 3.8) is 0 Å². The summed E-state index contributed by atoms with van der Waals surface area (Å²) in [6.45, 7) is -0.461. The van der Waals surface area contributed by atoms with Gasteiger partial charge in [0, 0.05) is 0 Å². The Bertz CT molecular complexity index is 66.3. The normalized spacial score (nSPS) is 14.2. The monoisotopic (exact) mass is 138 g/mol. The van der Waals surface area contributed by atoms with E-state index in [0.717, 1.165) is 0 Å². The SMILES string of the molecule is O=POCC(O)CO. The molecule has 48 valence electrons. The molecule has 0 aliphatic heterocycles. The molecule has 0 aliphatic rings. The molecule has 0 fully saturated rings. The second-order valence-corrected chi connectivity index (χ2v) is 1.61. The highest BCUT2D eigenvalue weighted by molar-refractivity contribution is 7.17. The lowest BCUT2D eigenvalue weighted by molar-refractivity contribution is 0.0577. The Labute approximate surface area is 48.4 Å². The Hall–Kier alpha value is -0.0200. The number of hydrogen-bond acceptors (Lipinski definition) is 4. The van der Waals surface area contributed by atoms with Gasteiger partial charge >= 0.3 is 8.69 Å². The Morgan fingerprint density at radius 1 is 1.75 bits per heavy atom. The van der Waals surface area contributed by atoms with Crippen molar-refractivity contribution in [2.24, 2.45) is 0 Å². The molecule has 0 saturated heterocycles. The smallest absolute Gasteiger partial charge is 0.327 e. The summed E-state index contributed by atoms with van der Waals surface area (Å²) in [5.74, 6) is 0. The fourth-order valence-electron chi connectivity index (χ4n) is 0.169. The van der Waals surface area contributed by atoms with Gasteiger partial charge in [-0.25, -0.2) is 4.57 Å². The van der Waals surface area contributed by atoms with Crippen LogP contribution in [0.15, 0.2) is 0 Å². The van der Waals surface area contributed by atoms with Gasteiger partial charge in [-0.3, -0.25) is 4.52 Å². The standard InChI is InChI=1S/C3H7O4P/c4-1-3(5)2-7-8-6/h3-5H,1-2H2. The molecule has 0 spiro atoms. The summed E-state index contributed by atoms with van der Waals surface area (Å²) in [5.41, 5.74) is 0. The lowest BCUT2D eigenvalue weighted by Gasteiger charge is -2.00. The number of aliphatic hydroxyl groups is 2. The van der Waals surface area contributed by atoms with Gasteiger partial charge in [0.1, 0.15) is 6.10 Å². The molecule has 5 heteroatoms. The van der Waals surface area contributed by atoms with Crippen molar-refractivity contribution in [1.29, 1.82) is 0 Å². The van der Waals surface area contributed by atoms with Crippen LogP contribution in [0, 0.1) is 0 Å². The van der Waals surface area contributed by atoms with E-state index in [1.807, 2.05) is 0 Å². The van der Waals surface area contributed by atoms with Crippen molar-refractivity contribution in [2.75, 3.05) is 13.2 Å². The number of hydrogen-bond donors (Lipinski definition) is 2. The zero-order chi connectivity index (χ0) is 6.41. The minimum absolute atomic E-state index is 0.0957. The lowest BCUT2D eigenvalue weighted by Crippen LogP contribution is -2.16. The third-order valence-corrected chi connectivity index (χ3v) is 0.785. The Balaban J connectivity index is 2.97. The van der Waals surface area contributed by atoms with Crippen LogP contribution in [0.1, 0.15) is 0 Å². The van der Waals surface area contributed by atoms with Crippen LogP contribution in [0.5, 0.6) is 0 Å². The summed E-state index contributed by atoms with van der Waals surface area (Å²) in [4.78, 5) is 0. The van der Waals surface area contributed by atoms with Gasteiger partial charge in [0.05, 0.1) is 13.2 Å². The predicted octanol–water partition coefficient (Wildman–Crippen LogP) is -0.437. The molecule has 4 nitrogen and oxygen atoms in total. The fraction of sp³-hybridized carbons (Fsp3) is 1.00. The zero-order valence-electron chi connectivity index (χ0n) is 4.15. The second kappa shape index (κ2) is 5.12. The van der Waals surface area contributed by atoms with Crippen molar-refractivity contribution in [3.05, 3.63) is 0 Å². The van der Waals surface area contributed by atoms with Crippen LogP contribution in [0.25, 0.3) is 0 Å². The van der Waals surface area contributed by atoms with Gasteiger partial charge in [-0.05, 0) is 0 Å². The summed E-state index contributed by atoms with van der Waals surface area (Å²) in [6.07, 6.45) is -0.920. The van der Waals surface area contributed by atoms with Crippen molar-refractivity contribution in [3.8, 4) is 0 Å². The first kappa shape index (κ1) is 7.98. The molecule has 1 unspecified atom stereocenters. The topological polar surface area (TPSA) is 66.8 Å². The van der Waals surface area contributed by atoms with E-state index >= 15 is 0 Å². The van der Waals surface area contributed by atoms with E-state index < -0.39 is 14.8 Å². The highest BCUT2D eigenvalue weighted by Gasteiger charge is 1.99. The van der Waals surface area contributed by atoms with E-state index in [9.17, 15) is 4.57 Å². The quantitative estimate of drug-likeness (QED) is 0.517. The molecule has 0 aromatic carbocycles. The zero-order valence-corrected chi connectivity index (χ0v) is 5.04. The predicted molar refractivity (Wildman–Crippen MR) is 26.7 cm³/mol. The summed E-state index contributed by atoms with van der Waals surface area (Å²) in [7, 11) is -0.472. The van der Waals surface area contributed by atoms with Crippen LogP contribution in [0.3, 0.4) is 0 Å². The van der Waals surface area contributed by atoms with Gasteiger partial charge in [0.15, 0.2) is 0 Å². The van der Waals surface area contributed by atoms with Crippen LogP contribution in [0.4, 0.5) is 0 Å². The minimum atomic E-state index is -0.920. The average Bonchev–Trinajstić information content (AvgIpc) is 1.83. The van der Waals surface area contributed by atoms with Gasteiger partial charge in [0.25, 0.3) is 0 Å². The Morgan fingerprint density at radius 3 is 2.75 bits per heavy atom. The molecule has 2 N–H and O–H groups in total. The molecule has 0 amide bonds. The van der Waals surface area contributed by atoms with E-state index in [1.165, 1.54) is 0 Å². The molecule has 8 heavy (non-hydrogen) atoms. The van der Waals surface area contributed by atoms with Crippen molar-refractivity contribution >= 4 is 8.69 Å². The number of aliphatic hydroxyl groups excluding tert-OH is 2. The van der Waals surface area contributed by atoms with Crippen LogP contribution in [-0.2, 0) is 9.09 Å². The van der Waals surface area contributed by atoms with Crippen LogP contribution >= 0.6 is 8.69 Å². The molecule has 0 aromatic rings. The average molecular weight is 138 g/mol. The highest BCUT2D eigenvalue weighted by atomic mass is 31.1. The third-order valence-electron chi connectivity index (χ3n) is 0.530. The Morgan fingerprint density at radius 2 is 2.38 bits per heavy atom. The molecule has 0 aliphatic carbocycles. The summed E-state index contributed by atoms with van der Waals surface area (Å²) >= 11 is 0. The maximum atomic E-state index is 9.51. The van der Waals surface area contributed by atoms with Crippen molar-refractivity contribution < 1.29 is 19.3 Å². The van der Waals surface area contributed by atoms with Crippen molar-refractivity contribution in [1.82, 2.24) is 0 Å². The van der Waals surface area contributed by atoms with E-state index in [-0.39, 0.29) is 13.2 Å². The second-order valence-electron chi connectivity index (χ2n) is 1.21. The van der Waals surface area contributed by atoms with Gasteiger partial charge in [-0.1, -0.05) is 0 Å². The molecular formula is C3H7O4P. The van der Waals surface area contributed by atoms with Gasteiger partial charge in [-0.2, -0.15) is 0 Å². The summed E-state index contributed by atoms with van der Waals surface area (Å²) < 4.78 is 13.7. The van der Waals surface area contributed by atoms with Gasteiger partial charge in [0.2, 0.25) is 0 Å². The maximum absolute atomic E-state index is 9.51. The van der Waals surface area contributed by atoms with Crippen LogP contribution in [0.2, 0.25) is 0 Å². The molecule has 0 bridgehead atoms. The first-order chi connectivity index (χ1) is 3.81. The first-order valence-corrected chi connectivity index (χ1v) is 2.78. The van der Waals surface area contributed by atoms with E-state index in [1.54, 1.807) is 0 Å². The fourth-order valence-corrected chi connectivity index (χ4v) is 0.402. The van der Waals surface area contributed by atoms with Crippen LogP contribution in [-0.4, -0.2) is 29.5 Å². The van der Waals surface area contributed by atoms with Gasteiger partial charge < -0.3 is 10.2 Å². The van der Waals surface area contributed by atoms with Crippen LogP contribution < -0.4 is 0 Å². The molecule has 0 aromatic heterocycles. The summed E-state index contributed by atoms with van der Waals surface area (Å²) in [6, 6.07) is 0. The Kier molecular flexibility index (Phi) is 5.11. The number of rotatable bonds is 4. The third kappa shape index (κ3) is 4.15. The maximum Gasteiger partial charge on any atom is 0.327 e. The molecule has 1 atom stereocenters. The van der Waals surface area contributed by atoms with Gasteiger partial charge in [-0.15, -0.1) is 0 Å². The first-order valence-electron chi connectivity index (χ1n) is 2.04.